The number of carbonyl (C=O) groups excluding carboxylic acids is 2. The van der Waals surface area contributed by atoms with Gasteiger partial charge in [0.1, 0.15) is 12.6 Å². The summed E-state index contributed by atoms with van der Waals surface area (Å²) in [5.74, 6) is -0.719. The van der Waals surface area contributed by atoms with Crippen LogP contribution in [0.25, 0.3) is 0 Å². The second-order valence-electron chi connectivity index (χ2n) is 10.7. The molecule has 2 amide bonds. The highest BCUT2D eigenvalue weighted by Gasteiger charge is 2.34. The van der Waals surface area contributed by atoms with Gasteiger partial charge in [-0.05, 0) is 82.9 Å². The third kappa shape index (κ3) is 7.30. The van der Waals surface area contributed by atoms with Crippen LogP contribution in [-0.4, -0.2) is 43.8 Å². The third-order valence-electron chi connectivity index (χ3n) is 6.93. The zero-order valence-electron chi connectivity index (χ0n) is 24.6. The molecule has 0 aliphatic rings. The average molecular weight is 564 g/mol. The molecule has 0 fully saturated rings. The molecule has 3 aromatic carbocycles. The number of sulfonamides is 1. The van der Waals surface area contributed by atoms with Crippen LogP contribution in [0.2, 0.25) is 0 Å². The van der Waals surface area contributed by atoms with Crippen LogP contribution in [0.5, 0.6) is 0 Å². The molecule has 40 heavy (non-hydrogen) atoms. The minimum atomic E-state index is -4.10. The first-order valence-corrected chi connectivity index (χ1v) is 15.1. The summed E-state index contributed by atoms with van der Waals surface area (Å²) >= 11 is 0. The van der Waals surface area contributed by atoms with Crippen LogP contribution in [0, 0.1) is 27.7 Å². The lowest BCUT2D eigenvalue weighted by Crippen LogP contribution is -2.53. The molecule has 214 valence electrons. The molecule has 0 unspecified atom stereocenters. The number of aryl methyl sites for hydroxylation is 4. The second kappa shape index (κ2) is 13.1. The van der Waals surface area contributed by atoms with Gasteiger partial charge in [-0.25, -0.2) is 8.42 Å². The van der Waals surface area contributed by atoms with Crippen molar-refractivity contribution in [2.24, 2.45) is 0 Å². The van der Waals surface area contributed by atoms with Crippen molar-refractivity contribution < 1.29 is 18.0 Å². The number of nitrogens with one attached hydrogen (secondary N) is 1. The predicted molar refractivity (Wildman–Crippen MR) is 161 cm³/mol. The van der Waals surface area contributed by atoms with Crippen molar-refractivity contribution in [2.75, 3.05) is 10.8 Å². The Kier molecular flexibility index (Phi) is 10.1. The Morgan fingerprint density at radius 1 is 0.850 bits per heavy atom. The van der Waals surface area contributed by atoms with E-state index in [1.165, 1.54) is 9.21 Å². The summed E-state index contributed by atoms with van der Waals surface area (Å²) in [6.45, 7) is 12.9. The molecule has 0 saturated carbocycles. The van der Waals surface area contributed by atoms with E-state index in [4.69, 9.17) is 0 Å². The highest BCUT2D eigenvalue weighted by Crippen LogP contribution is 2.28. The molecule has 0 radical (unpaired) electrons. The predicted octanol–water partition coefficient (Wildman–Crippen LogP) is 5.45. The van der Waals surface area contributed by atoms with Crippen molar-refractivity contribution in [3.63, 3.8) is 0 Å². The SMILES string of the molecule is CC[C@@H](C(=O)NC(C)C)N(Cc1ccccc1C)C(=O)CN(c1ccc(C)cc1C)S(=O)(=O)c1ccc(C)cc1. The topological polar surface area (TPSA) is 86.8 Å². The maximum absolute atomic E-state index is 14.2. The molecule has 1 N–H and O–H groups in total. The maximum atomic E-state index is 14.2. The molecule has 0 spiro atoms. The summed E-state index contributed by atoms with van der Waals surface area (Å²) in [5, 5.41) is 2.93. The van der Waals surface area contributed by atoms with Crippen LogP contribution in [0.4, 0.5) is 5.69 Å². The molecule has 0 aliphatic carbocycles. The smallest absolute Gasteiger partial charge is 0.264 e. The van der Waals surface area contributed by atoms with E-state index in [9.17, 15) is 18.0 Å². The van der Waals surface area contributed by atoms with Gasteiger partial charge in [0.2, 0.25) is 11.8 Å². The lowest BCUT2D eigenvalue weighted by atomic mass is 10.1. The standard InChI is InChI=1S/C32H41N3O4S/c1-8-29(32(37)33-22(2)3)34(20-27-12-10-9-11-25(27)6)31(36)21-35(30-18-15-24(5)19-26(30)7)40(38,39)28-16-13-23(4)14-17-28/h9-19,22,29H,8,20-21H2,1-7H3,(H,33,37)/t29-/m0/s1. The monoisotopic (exact) mass is 563 g/mol. The van der Waals surface area contributed by atoms with Gasteiger partial charge in [0.05, 0.1) is 10.6 Å². The van der Waals surface area contributed by atoms with Crippen LogP contribution in [0.3, 0.4) is 0 Å². The minimum absolute atomic E-state index is 0.0981. The summed E-state index contributed by atoms with van der Waals surface area (Å²) in [6.07, 6.45) is 0.379. The van der Waals surface area contributed by atoms with Crippen molar-refractivity contribution in [3.8, 4) is 0 Å². The molecule has 0 aliphatic heterocycles. The van der Waals surface area contributed by atoms with Crippen LogP contribution < -0.4 is 9.62 Å². The third-order valence-corrected chi connectivity index (χ3v) is 8.70. The zero-order valence-corrected chi connectivity index (χ0v) is 25.4. The van der Waals surface area contributed by atoms with Crippen LogP contribution >= 0.6 is 0 Å². The molecular weight excluding hydrogens is 522 g/mol. The van der Waals surface area contributed by atoms with Gasteiger partial charge in [-0.15, -0.1) is 0 Å². The Balaban J connectivity index is 2.11. The van der Waals surface area contributed by atoms with E-state index in [0.29, 0.717) is 12.1 Å². The molecule has 3 rings (SSSR count). The largest absolute Gasteiger partial charge is 0.352 e. The van der Waals surface area contributed by atoms with E-state index in [2.05, 4.69) is 5.32 Å². The van der Waals surface area contributed by atoms with E-state index >= 15 is 0 Å². The summed E-state index contributed by atoms with van der Waals surface area (Å²) in [4.78, 5) is 29.1. The molecule has 1 atom stereocenters. The van der Waals surface area contributed by atoms with Gasteiger partial charge in [-0.1, -0.05) is 66.6 Å². The maximum Gasteiger partial charge on any atom is 0.264 e. The van der Waals surface area contributed by atoms with Gasteiger partial charge in [0, 0.05) is 12.6 Å². The highest BCUT2D eigenvalue weighted by molar-refractivity contribution is 7.92. The summed E-state index contributed by atoms with van der Waals surface area (Å²) in [6, 6.07) is 18.9. The Hall–Kier alpha value is -3.65. The number of benzene rings is 3. The fourth-order valence-electron chi connectivity index (χ4n) is 4.71. The van der Waals surface area contributed by atoms with Crippen molar-refractivity contribution in [1.82, 2.24) is 10.2 Å². The Labute approximate surface area is 239 Å². The van der Waals surface area contributed by atoms with E-state index in [-0.39, 0.29) is 23.4 Å². The molecule has 0 bridgehead atoms. The highest BCUT2D eigenvalue weighted by atomic mass is 32.2. The van der Waals surface area contributed by atoms with Gasteiger partial charge < -0.3 is 10.2 Å². The number of anilines is 1. The number of hydrogen-bond acceptors (Lipinski definition) is 4. The lowest BCUT2D eigenvalue weighted by Gasteiger charge is -2.34. The molecular formula is C32H41N3O4S. The number of amides is 2. The normalized spacial score (nSPS) is 12.2. The average Bonchev–Trinajstić information content (AvgIpc) is 2.88. The Morgan fingerprint density at radius 3 is 2.05 bits per heavy atom. The number of nitrogens with zero attached hydrogens (tertiary/aromatic N) is 2. The van der Waals surface area contributed by atoms with Gasteiger partial charge in [-0.2, -0.15) is 0 Å². The van der Waals surface area contributed by atoms with E-state index < -0.39 is 28.5 Å². The first-order valence-electron chi connectivity index (χ1n) is 13.7. The van der Waals surface area contributed by atoms with E-state index in [1.54, 1.807) is 30.3 Å². The minimum Gasteiger partial charge on any atom is -0.352 e. The van der Waals surface area contributed by atoms with E-state index in [0.717, 1.165) is 27.8 Å². The summed E-state index contributed by atoms with van der Waals surface area (Å²) in [7, 11) is -4.10. The van der Waals surface area contributed by atoms with Gasteiger partial charge in [-0.3, -0.25) is 13.9 Å². The fraction of sp³-hybridized carbons (Fsp3) is 0.375. The summed E-state index contributed by atoms with van der Waals surface area (Å²) in [5.41, 5.74) is 4.95. The summed E-state index contributed by atoms with van der Waals surface area (Å²) < 4.78 is 29.3. The fourth-order valence-corrected chi connectivity index (χ4v) is 6.19. The quantitative estimate of drug-likeness (QED) is 0.336. The molecule has 3 aromatic rings. The van der Waals surface area contributed by atoms with Crippen LogP contribution in [0.1, 0.15) is 55.0 Å². The first-order chi connectivity index (χ1) is 18.8. The number of rotatable bonds is 11. The van der Waals surface area contributed by atoms with Crippen molar-refractivity contribution in [1.29, 1.82) is 0 Å². The first kappa shape index (κ1) is 30.9. The van der Waals surface area contributed by atoms with Crippen LogP contribution in [0.15, 0.2) is 71.6 Å². The lowest BCUT2D eigenvalue weighted by molar-refractivity contribution is -0.140. The second-order valence-corrected chi connectivity index (χ2v) is 12.5. The van der Waals surface area contributed by atoms with Gasteiger partial charge >= 0.3 is 0 Å². The van der Waals surface area contributed by atoms with Crippen molar-refractivity contribution in [2.45, 2.75) is 78.4 Å². The molecule has 0 saturated heterocycles. The van der Waals surface area contributed by atoms with Gasteiger partial charge in [0.15, 0.2) is 0 Å². The zero-order chi connectivity index (χ0) is 29.6. The molecule has 0 heterocycles. The van der Waals surface area contributed by atoms with Crippen molar-refractivity contribution >= 4 is 27.5 Å². The number of hydrogen-bond donors (Lipinski definition) is 1. The van der Waals surface area contributed by atoms with Crippen LogP contribution in [-0.2, 0) is 26.2 Å². The van der Waals surface area contributed by atoms with E-state index in [1.807, 2.05) is 84.9 Å². The van der Waals surface area contributed by atoms with Crippen molar-refractivity contribution in [3.05, 3.63) is 94.5 Å². The number of carbonyl (C=O) groups is 2. The Morgan fingerprint density at radius 2 is 1.48 bits per heavy atom. The molecule has 0 aromatic heterocycles. The molecule has 8 heteroatoms. The molecule has 7 nitrogen and oxygen atoms in total. The van der Waals surface area contributed by atoms with Gasteiger partial charge in [0.25, 0.3) is 10.0 Å². The Bertz CT molecular complexity index is 1450.